The molecule has 6 nitrogen and oxygen atoms in total. The van der Waals surface area contributed by atoms with Gasteiger partial charge in [-0.2, -0.15) is 0 Å². The molecule has 1 heterocycles. The van der Waals surface area contributed by atoms with Gasteiger partial charge in [0.1, 0.15) is 5.82 Å². The van der Waals surface area contributed by atoms with Gasteiger partial charge in [0, 0.05) is 19.2 Å². The van der Waals surface area contributed by atoms with E-state index in [1.54, 1.807) is 36.5 Å². The van der Waals surface area contributed by atoms with Crippen molar-refractivity contribution in [3.05, 3.63) is 53.7 Å². The minimum atomic E-state index is -0.314. The molecule has 0 spiro atoms. The first-order valence-electron chi connectivity index (χ1n) is 9.34. The van der Waals surface area contributed by atoms with Gasteiger partial charge in [-0.1, -0.05) is 37.5 Å². The highest BCUT2D eigenvalue weighted by molar-refractivity contribution is 6.09. The Kier molecular flexibility index (Phi) is 8.45. The van der Waals surface area contributed by atoms with E-state index in [9.17, 15) is 9.59 Å². The van der Waals surface area contributed by atoms with E-state index in [1.165, 1.54) is 0 Å². The van der Waals surface area contributed by atoms with Crippen LogP contribution in [0, 0.1) is 6.92 Å². The first kappa shape index (κ1) is 20.6. The molecule has 3 N–H and O–H groups in total. The van der Waals surface area contributed by atoms with Crippen LogP contribution in [0.5, 0.6) is 0 Å². The number of amides is 2. The topological polar surface area (TPSA) is 91.3 Å². The second-order valence-electron chi connectivity index (χ2n) is 6.51. The quantitative estimate of drug-likeness (QED) is 0.554. The maximum atomic E-state index is 12.5. The fraction of sp³-hybridized carbons (Fsp3) is 0.381. The summed E-state index contributed by atoms with van der Waals surface area (Å²) in [5, 5.41) is 14.3. The lowest BCUT2D eigenvalue weighted by atomic mass is 10.1. The number of aliphatic hydroxyl groups excluding tert-OH is 1. The molecule has 144 valence electrons. The first-order valence-corrected chi connectivity index (χ1v) is 9.34. The molecule has 1 aromatic heterocycles. The molecule has 2 rings (SSSR count). The van der Waals surface area contributed by atoms with Gasteiger partial charge in [0.05, 0.1) is 11.3 Å². The summed E-state index contributed by atoms with van der Waals surface area (Å²) in [4.78, 5) is 28.9. The van der Waals surface area contributed by atoms with Crippen molar-refractivity contribution >= 4 is 23.3 Å². The van der Waals surface area contributed by atoms with E-state index in [4.69, 9.17) is 5.11 Å². The van der Waals surface area contributed by atoms with Crippen LogP contribution < -0.4 is 10.6 Å². The number of aryl methyl sites for hydroxylation is 1. The molecular formula is C21H27N3O3. The average molecular weight is 369 g/mol. The largest absolute Gasteiger partial charge is 0.396 e. The number of rotatable bonds is 10. The Morgan fingerprint density at radius 1 is 0.963 bits per heavy atom. The number of hydrogen-bond acceptors (Lipinski definition) is 4. The third-order valence-electron chi connectivity index (χ3n) is 4.16. The highest BCUT2D eigenvalue weighted by atomic mass is 16.3. The van der Waals surface area contributed by atoms with E-state index in [0.717, 1.165) is 37.7 Å². The second kappa shape index (κ2) is 11.1. The molecule has 0 atom stereocenters. The van der Waals surface area contributed by atoms with Crippen molar-refractivity contribution in [1.82, 2.24) is 4.98 Å². The number of carbonyl (C=O) groups excluding carboxylic acids is 2. The van der Waals surface area contributed by atoms with Crippen molar-refractivity contribution in [1.29, 1.82) is 0 Å². The summed E-state index contributed by atoms with van der Waals surface area (Å²) in [5.41, 5.74) is 1.90. The number of hydrogen-bond donors (Lipinski definition) is 3. The van der Waals surface area contributed by atoms with Gasteiger partial charge in [-0.15, -0.1) is 0 Å². The first-order chi connectivity index (χ1) is 13.1. The van der Waals surface area contributed by atoms with Crippen LogP contribution in [0.2, 0.25) is 0 Å². The van der Waals surface area contributed by atoms with Crippen LogP contribution in [0.25, 0.3) is 0 Å². The minimum absolute atomic E-state index is 0.106. The molecule has 6 heteroatoms. The van der Waals surface area contributed by atoms with Gasteiger partial charge in [-0.05, 0) is 43.5 Å². The number of aromatic nitrogens is 1. The molecule has 0 saturated carbocycles. The third-order valence-corrected chi connectivity index (χ3v) is 4.16. The highest BCUT2D eigenvalue weighted by Gasteiger charge is 2.13. The summed E-state index contributed by atoms with van der Waals surface area (Å²) in [6.07, 6.45) is 6.64. The van der Waals surface area contributed by atoms with Crippen molar-refractivity contribution in [3.63, 3.8) is 0 Å². The Morgan fingerprint density at radius 2 is 1.70 bits per heavy atom. The van der Waals surface area contributed by atoms with E-state index in [2.05, 4.69) is 15.6 Å². The van der Waals surface area contributed by atoms with Crippen LogP contribution in [0.15, 0.2) is 42.6 Å². The number of pyridine rings is 1. The number of aliphatic hydroxyl groups is 1. The van der Waals surface area contributed by atoms with Gasteiger partial charge >= 0.3 is 0 Å². The van der Waals surface area contributed by atoms with Gasteiger partial charge in [0.25, 0.3) is 5.91 Å². The van der Waals surface area contributed by atoms with Crippen molar-refractivity contribution in [2.24, 2.45) is 0 Å². The maximum Gasteiger partial charge on any atom is 0.258 e. The molecule has 2 aromatic rings. The molecule has 0 radical (unpaired) electrons. The maximum absolute atomic E-state index is 12.5. The Morgan fingerprint density at radius 3 is 2.44 bits per heavy atom. The lowest BCUT2D eigenvalue weighted by molar-refractivity contribution is -0.116. The molecule has 0 fully saturated rings. The number of para-hydroxylation sites is 1. The zero-order chi connectivity index (χ0) is 19.5. The summed E-state index contributed by atoms with van der Waals surface area (Å²) >= 11 is 0. The molecule has 0 unspecified atom stereocenters. The molecule has 0 saturated heterocycles. The zero-order valence-corrected chi connectivity index (χ0v) is 15.7. The molecule has 27 heavy (non-hydrogen) atoms. The number of benzene rings is 1. The monoisotopic (exact) mass is 369 g/mol. The average Bonchev–Trinajstić information content (AvgIpc) is 2.67. The van der Waals surface area contributed by atoms with Gasteiger partial charge in [-0.3, -0.25) is 9.59 Å². The summed E-state index contributed by atoms with van der Waals surface area (Å²) in [6.45, 7) is 2.15. The van der Waals surface area contributed by atoms with E-state index in [1.807, 2.05) is 13.0 Å². The Bertz CT molecular complexity index is 745. The third kappa shape index (κ3) is 7.19. The molecule has 2 amide bonds. The molecule has 0 aliphatic carbocycles. The Hall–Kier alpha value is -2.73. The lowest BCUT2D eigenvalue weighted by Gasteiger charge is -2.11. The van der Waals surface area contributed by atoms with E-state index < -0.39 is 0 Å². The summed E-state index contributed by atoms with van der Waals surface area (Å²) in [7, 11) is 0. The molecule has 1 aromatic carbocycles. The van der Waals surface area contributed by atoms with Crippen LogP contribution in [0.3, 0.4) is 0 Å². The summed E-state index contributed by atoms with van der Waals surface area (Å²) < 4.78 is 0. The number of anilines is 2. The highest BCUT2D eigenvalue weighted by Crippen LogP contribution is 2.18. The Labute approximate surface area is 160 Å². The lowest BCUT2D eigenvalue weighted by Crippen LogP contribution is -2.18. The molecule has 0 bridgehead atoms. The number of carbonyl (C=O) groups is 2. The zero-order valence-electron chi connectivity index (χ0n) is 15.7. The number of nitrogens with one attached hydrogen (secondary N) is 2. The second-order valence-corrected chi connectivity index (χ2v) is 6.51. The van der Waals surface area contributed by atoms with Crippen LogP contribution in [0.1, 0.15) is 54.4 Å². The molecule has 0 aliphatic heterocycles. The Balaban J connectivity index is 1.89. The van der Waals surface area contributed by atoms with Crippen molar-refractivity contribution < 1.29 is 14.7 Å². The van der Waals surface area contributed by atoms with Gasteiger partial charge in [0.15, 0.2) is 0 Å². The smallest absolute Gasteiger partial charge is 0.258 e. The van der Waals surface area contributed by atoms with Crippen LogP contribution in [0.4, 0.5) is 11.5 Å². The predicted octanol–water partition coefficient (Wildman–Crippen LogP) is 3.91. The van der Waals surface area contributed by atoms with Crippen LogP contribution in [-0.4, -0.2) is 28.5 Å². The molecule has 0 aliphatic rings. The number of unbranched alkanes of at least 4 members (excludes halogenated alkanes) is 4. The van der Waals surface area contributed by atoms with Crippen molar-refractivity contribution in [2.75, 3.05) is 17.2 Å². The van der Waals surface area contributed by atoms with Gasteiger partial charge < -0.3 is 15.7 Å². The summed E-state index contributed by atoms with van der Waals surface area (Å²) in [6, 6.07) is 10.5. The summed E-state index contributed by atoms with van der Waals surface area (Å²) in [5.74, 6) is 0.0479. The van der Waals surface area contributed by atoms with Crippen molar-refractivity contribution in [2.45, 2.75) is 45.4 Å². The standard InChI is InChI=1S/C21H27N3O3/c1-16-12-13-19(22-15-16)24-21(27)17-9-6-7-10-18(17)23-20(26)11-5-3-2-4-8-14-25/h6-7,9-10,12-13,15,25H,2-5,8,11,14H2,1H3,(H,23,26)(H,22,24,27). The van der Waals surface area contributed by atoms with Gasteiger partial charge in [0.2, 0.25) is 5.91 Å². The van der Waals surface area contributed by atoms with Crippen LogP contribution >= 0.6 is 0 Å². The van der Waals surface area contributed by atoms with Gasteiger partial charge in [-0.25, -0.2) is 4.98 Å². The number of nitrogens with zero attached hydrogens (tertiary/aromatic N) is 1. The SMILES string of the molecule is Cc1ccc(NC(=O)c2ccccc2NC(=O)CCCCCCCO)nc1. The fourth-order valence-corrected chi connectivity index (χ4v) is 2.66. The van der Waals surface area contributed by atoms with E-state index >= 15 is 0 Å². The van der Waals surface area contributed by atoms with E-state index in [0.29, 0.717) is 23.5 Å². The van der Waals surface area contributed by atoms with Crippen LogP contribution in [-0.2, 0) is 4.79 Å². The normalized spacial score (nSPS) is 10.4. The molecular weight excluding hydrogens is 342 g/mol. The van der Waals surface area contributed by atoms with Crippen molar-refractivity contribution in [3.8, 4) is 0 Å². The predicted molar refractivity (Wildman–Crippen MR) is 107 cm³/mol. The minimum Gasteiger partial charge on any atom is -0.396 e. The fourth-order valence-electron chi connectivity index (χ4n) is 2.66. The van der Waals surface area contributed by atoms with E-state index in [-0.39, 0.29) is 18.4 Å².